The number of anilines is 3. The van der Waals surface area contributed by atoms with E-state index >= 15 is 4.79 Å². The quantitative estimate of drug-likeness (QED) is 0.132. The second kappa shape index (κ2) is 15.3. The molecule has 11 nitrogen and oxygen atoms in total. The molecule has 0 saturated carbocycles. The second-order valence-electron chi connectivity index (χ2n) is 16.2. The zero-order valence-electron chi connectivity index (χ0n) is 33.6. The van der Waals surface area contributed by atoms with Crippen LogP contribution in [0.2, 0.25) is 18.6 Å². The summed E-state index contributed by atoms with van der Waals surface area (Å²) in [6.45, 7) is 7.77. The number of carbonyl (C=O) groups is 2. The molecule has 3 aliphatic rings. The van der Waals surface area contributed by atoms with E-state index in [1.54, 1.807) is 28.8 Å². The number of fused-ring (bicyclic) bond motifs is 4. The van der Waals surface area contributed by atoms with Crippen LogP contribution in [-0.2, 0) is 34.6 Å². The molecule has 1 fully saturated rings. The van der Waals surface area contributed by atoms with Gasteiger partial charge in [-0.2, -0.15) is 0 Å². The topological polar surface area (TPSA) is 119 Å². The monoisotopic (exact) mass is 805 g/mol. The highest BCUT2D eigenvalue weighted by molar-refractivity contribution is 6.91. The Morgan fingerprint density at radius 2 is 1.59 bits per heavy atom. The first kappa shape index (κ1) is 38.4. The van der Waals surface area contributed by atoms with E-state index < -0.39 is 13.7 Å². The zero-order chi connectivity index (χ0) is 40.9. The fourth-order valence-corrected chi connectivity index (χ4v) is 13.7. The van der Waals surface area contributed by atoms with Gasteiger partial charge < -0.3 is 24.2 Å². The standard InChI is InChI=1S/C47H47N5O6Si/c1-31-44(59(3,4)36-21-19-35(56-2)20-22-36)43(24-26-50-30-33(25-27-53)48-49-50)58-47(31)38-28-34(18-23-39(38)51(46(47)55)29-32-12-6-5-7-13-32)52-40-15-9-11-17-42(40)57-41-16-10-8-14-37(41)45(52)54/h5-23,28,30-31,43-44,53H,24-27,29H2,1-4H3/t31-,43+,44-,47+/m1/s1. The number of benzene rings is 5. The highest BCUT2D eigenvalue weighted by atomic mass is 28.3. The fourth-order valence-electron chi connectivity index (χ4n) is 9.64. The van der Waals surface area contributed by atoms with E-state index in [9.17, 15) is 9.90 Å². The summed E-state index contributed by atoms with van der Waals surface area (Å²) in [6.07, 6.45) is 2.54. The van der Waals surface area contributed by atoms with E-state index in [-0.39, 0.29) is 36.0 Å². The Kier molecular flexibility index (Phi) is 9.94. The first-order chi connectivity index (χ1) is 28.6. The number of rotatable bonds is 11. The molecule has 1 spiro atoms. The van der Waals surface area contributed by atoms with Crippen molar-refractivity contribution in [3.63, 3.8) is 0 Å². The number of amides is 2. The lowest BCUT2D eigenvalue weighted by molar-refractivity contribution is -0.146. The van der Waals surface area contributed by atoms with Crippen molar-refractivity contribution in [3.05, 3.63) is 150 Å². The van der Waals surface area contributed by atoms with Gasteiger partial charge >= 0.3 is 0 Å². The zero-order valence-corrected chi connectivity index (χ0v) is 34.6. The largest absolute Gasteiger partial charge is 0.497 e. The third-order valence-electron chi connectivity index (χ3n) is 12.5. The summed E-state index contributed by atoms with van der Waals surface area (Å²) >= 11 is 0. The lowest BCUT2D eigenvalue weighted by atomic mass is 9.82. The minimum absolute atomic E-state index is 0.00861. The van der Waals surface area contributed by atoms with Gasteiger partial charge in [-0.05, 0) is 72.1 Å². The fraction of sp³-hybridized carbons (Fsp3) is 0.277. The molecule has 1 N–H and O–H groups in total. The summed E-state index contributed by atoms with van der Waals surface area (Å²) in [7, 11) is -0.787. The summed E-state index contributed by atoms with van der Waals surface area (Å²) < 4.78 is 21.2. The second-order valence-corrected chi connectivity index (χ2v) is 20.9. The van der Waals surface area contributed by atoms with Gasteiger partial charge in [-0.1, -0.05) is 97.1 Å². The first-order valence-corrected chi connectivity index (χ1v) is 23.2. The van der Waals surface area contributed by atoms with E-state index in [2.05, 4.69) is 42.5 Å². The lowest BCUT2D eigenvalue weighted by Gasteiger charge is -2.37. The van der Waals surface area contributed by atoms with Gasteiger partial charge in [-0.15, -0.1) is 5.10 Å². The van der Waals surface area contributed by atoms with Gasteiger partial charge in [0.15, 0.2) is 11.4 Å². The van der Waals surface area contributed by atoms with Crippen molar-refractivity contribution in [1.82, 2.24) is 15.0 Å². The predicted octanol–water partition coefficient (Wildman–Crippen LogP) is 7.76. The molecule has 0 unspecified atom stereocenters. The van der Waals surface area contributed by atoms with Gasteiger partial charge in [0, 0.05) is 42.9 Å². The van der Waals surface area contributed by atoms with Gasteiger partial charge in [0.2, 0.25) is 0 Å². The smallest absolute Gasteiger partial charge is 0.266 e. The SMILES string of the molecule is COc1ccc([Si](C)(C)[C@H]2[C@H](CCn3cc(CCO)nn3)O[C@@]3(C(=O)N(Cc4ccccc4)c4ccc(N5C(=O)c6ccccc6Oc6ccccc65)cc43)[C@@H]2C)cc1. The number of aryl methyl sites for hydroxylation is 1. The van der Waals surface area contributed by atoms with Crippen molar-refractivity contribution in [2.45, 2.75) is 63.2 Å². The van der Waals surface area contributed by atoms with Crippen LogP contribution >= 0.6 is 0 Å². The van der Waals surface area contributed by atoms with Gasteiger partial charge in [0.25, 0.3) is 11.8 Å². The van der Waals surface area contributed by atoms with Crippen LogP contribution < -0.4 is 24.5 Å². The van der Waals surface area contributed by atoms with Crippen molar-refractivity contribution in [1.29, 1.82) is 0 Å². The number of methoxy groups -OCH3 is 1. The van der Waals surface area contributed by atoms with Crippen molar-refractivity contribution >= 4 is 42.1 Å². The average molecular weight is 806 g/mol. The summed E-state index contributed by atoms with van der Waals surface area (Å²) in [5, 5.41) is 19.4. The number of aromatic nitrogens is 3. The van der Waals surface area contributed by atoms with Crippen LogP contribution in [0.25, 0.3) is 0 Å². The minimum atomic E-state index is -2.46. The molecule has 4 atom stereocenters. The molecular weight excluding hydrogens is 759 g/mol. The molecule has 0 aliphatic carbocycles. The summed E-state index contributed by atoms with van der Waals surface area (Å²) in [5.41, 5.74) is 3.48. The van der Waals surface area contributed by atoms with Crippen molar-refractivity contribution in [2.24, 2.45) is 5.92 Å². The molecule has 300 valence electrons. The Hall–Kier alpha value is -6.08. The number of hydrogen-bond acceptors (Lipinski definition) is 8. The predicted molar refractivity (Wildman–Crippen MR) is 229 cm³/mol. The van der Waals surface area contributed by atoms with Crippen molar-refractivity contribution < 1.29 is 28.9 Å². The maximum absolute atomic E-state index is 15.6. The van der Waals surface area contributed by atoms with E-state index in [4.69, 9.17) is 14.2 Å². The number of ether oxygens (including phenoxy) is 3. The van der Waals surface area contributed by atoms with Crippen LogP contribution in [0, 0.1) is 5.92 Å². The maximum Gasteiger partial charge on any atom is 0.266 e. The van der Waals surface area contributed by atoms with E-state index in [1.165, 1.54) is 5.19 Å². The Morgan fingerprint density at radius 1 is 0.864 bits per heavy atom. The van der Waals surface area contributed by atoms with E-state index in [0.717, 1.165) is 28.3 Å². The number of hydrogen-bond donors (Lipinski definition) is 1. The average Bonchev–Trinajstić information content (AvgIpc) is 3.87. The highest BCUT2D eigenvalue weighted by Gasteiger charge is 2.66. The molecule has 59 heavy (non-hydrogen) atoms. The molecule has 6 aromatic rings. The highest BCUT2D eigenvalue weighted by Crippen LogP contribution is 2.61. The van der Waals surface area contributed by atoms with Crippen LogP contribution in [0.4, 0.5) is 17.1 Å². The molecule has 4 heterocycles. The third-order valence-corrected chi connectivity index (χ3v) is 16.9. The van der Waals surface area contributed by atoms with Crippen LogP contribution in [0.1, 0.15) is 40.5 Å². The van der Waals surface area contributed by atoms with Crippen LogP contribution in [0.5, 0.6) is 17.2 Å². The molecule has 2 amide bonds. The van der Waals surface area contributed by atoms with E-state index in [1.807, 2.05) is 108 Å². The normalized spacial score (nSPS) is 20.9. The van der Waals surface area contributed by atoms with Gasteiger partial charge in [0.1, 0.15) is 11.5 Å². The van der Waals surface area contributed by atoms with E-state index in [0.29, 0.717) is 54.4 Å². The number of carbonyl (C=O) groups excluding carboxylic acids is 2. The minimum Gasteiger partial charge on any atom is -0.497 e. The molecule has 12 heteroatoms. The summed E-state index contributed by atoms with van der Waals surface area (Å²) in [4.78, 5) is 33.8. The Balaban J connectivity index is 1.20. The maximum atomic E-state index is 15.6. The van der Waals surface area contributed by atoms with Crippen LogP contribution in [0.3, 0.4) is 0 Å². The summed E-state index contributed by atoms with van der Waals surface area (Å²) in [5.74, 6) is 1.20. The number of aliphatic hydroxyl groups excluding tert-OH is 1. The van der Waals surface area contributed by atoms with Gasteiger partial charge in [-0.25, -0.2) is 0 Å². The van der Waals surface area contributed by atoms with Crippen molar-refractivity contribution in [2.75, 3.05) is 23.5 Å². The lowest BCUT2D eigenvalue weighted by Crippen LogP contribution is -2.51. The Bertz CT molecular complexity index is 2530. The van der Waals surface area contributed by atoms with Crippen LogP contribution in [0.15, 0.2) is 128 Å². The molecule has 0 bridgehead atoms. The molecule has 1 aromatic heterocycles. The molecular formula is C47H47N5O6Si. The summed E-state index contributed by atoms with van der Waals surface area (Å²) in [6, 6.07) is 39.0. The number of nitrogens with zero attached hydrogens (tertiary/aromatic N) is 5. The molecule has 5 aromatic carbocycles. The Labute approximate surface area is 344 Å². The van der Waals surface area contributed by atoms with Gasteiger partial charge in [0.05, 0.1) is 50.5 Å². The Morgan fingerprint density at radius 3 is 2.36 bits per heavy atom. The molecule has 3 aliphatic heterocycles. The molecule has 1 saturated heterocycles. The number of para-hydroxylation sites is 3. The molecule has 0 radical (unpaired) electrons. The van der Waals surface area contributed by atoms with Crippen molar-refractivity contribution in [3.8, 4) is 17.2 Å². The van der Waals surface area contributed by atoms with Gasteiger partial charge in [-0.3, -0.25) is 19.2 Å². The third kappa shape index (κ3) is 6.51. The van der Waals surface area contributed by atoms with Crippen LogP contribution in [-0.4, -0.2) is 59.8 Å². The first-order valence-electron chi connectivity index (χ1n) is 20.2. The number of aliphatic hydroxyl groups is 1. The molecule has 9 rings (SSSR count).